The fraction of sp³-hybridized carbons (Fsp3) is 0.400. The lowest BCUT2D eigenvalue weighted by Gasteiger charge is -2.39. The maximum absolute atomic E-state index is 12.1. The van der Waals surface area contributed by atoms with Crippen molar-refractivity contribution in [3.63, 3.8) is 0 Å². The molecule has 10 nitrogen and oxygen atoms in total. The first-order chi connectivity index (χ1) is 14.6. The van der Waals surface area contributed by atoms with Gasteiger partial charge in [-0.05, 0) is 31.0 Å². The van der Waals surface area contributed by atoms with Gasteiger partial charge >= 0.3 is 23.9 Å². The minimum absolute atomic E-state index is 0.0799. The average Bonchev–Trinajstić information content (AvgIpc) is 3.09. The van der Waals surface area contributed by atoms with Gasteiger partial charge in [-0.25, -0.2) is 14.5 Å². The van der Waals surface area contributed by atoms with E-state index in [0.29, 0.717) is 24.7 Å². The van der Waals surface area contributed by atoms with Gasteiger partial charge in [0.15, 0.2) is 0 Å². The van der Waals surface area contributed by atoms with E-state index in [1.165, 1.54) is 0 Å². The van der Waals surface area contributed by atoms with Crippen LogP contribution in [0.5, 0.6) is 5.75 Å². The number of aromatic nitrogens is 2. The molecule has 0 atom stereocenters. The molecule has 30 heavy (non-hydrogen) atoms. The van der Waals surface area contributed by atoms with Gasteiger partial charge < -0.3 is 23.5 Å². The minimum Gasteiger partial charge on any atom is -0.497 e. The standard InChI is InChI=1S/C20H20N4O6/c1-27-15-4-2-3-13(11-15)18-21-22-19(28-18)24-12-20(23-9-7-14(24)8-10-23)29-16(25)5-6-17(26)30-20/h2-6,11,14H,7-10,12H2,1H3. The van der Waals surface area contributed by atoms with Gasteiger partial charge in [0.1, 0.15) is 12.3 Å². The van der Waals surface area contributed by atoms with Gasteiger partial charge in [0, 0.05) is 36.8 Å². The number of nitrogens with zero attached hydrogens (tertiary/aromatic N) is 4. The molecule has 0 radical (unpaired) electrons. The Morgan fingerprint density at radius 3 is 2.53 bits per heavy atom. The SMILES string of the molecule is COc1cccc(-c2nnc(N3CC4(OC(=O)C=CC(=O)O4)N4CCC3CC4)o2)c1. The van der Waals surface area contributed by atoms with Crippen LogP contribution in [-0.4, -0.2) is 65.7 Å². The maximum Gasteiger partial charge on any atom is 0.339 e. The Bertz CT molecular complexity index is 990. The molecule has 4 aliphatic heterocycles. The van der Waals surface area contributed by atoms with E-state index < -0.39 is 17.8 Å². The van der Waals surface area contributed by atoms with Crippen LogP contribution >= 0.6 is 0 Å². The first kappa shape index (κ1) is 18.6. The number of benzene rings is 1. The Balaban J connectivity index is 1.49. The summed E-state index contributed by atoms with van der Waals surface area (Å²) in [5.74, 6) is -1.78. The summed E-state index contributed by atoms with van der Waals surface area (Å²) < 4.78 is 22.4. The summed E-state index contributed by atoms with van der Waals surface area (Å²) in [5.41, 5.74) is 0.724. The summed E-state index contributed by atoms with van der Waals surface area (Å²) in [6.07, 6.45) is 3.71. The zero-order chi connectivity index (χ0) is 20.7. The van der Waals surface area contributed by atoms with Gasteiger partial charge in [-0.1, -0.05) is 11.2 Å². The van der Waals surface area contributed by atoms with Crippen molar-refractivity contribution in [2.75, 3.05) is 31.6 Å². The van der Waals surface area contributed by atoms with Crippen molar-refractivity contribution in [3.05, 3.63) is 36.4 Å². The number of hydrogen-bond acceptors (Lipinski definition) is 10. The molecule has 1 aromatic carbocycles. The number of hydrogen-bond donors (Lipinski definition) is 0. The monoisotopic (exact) mass is 412 g/mol. The third kappa shape index (κ3) is 3.18. The molecule has 3 fully saturated rings. The highest BCUT2D eigenvalue weighted by Crippen LogP contribution is 2.37. The summed E-state index contributed by atoms with van der Waals surface area (Å²) in [5, 5.41) is 8.40. The lowest BCUT2D eigenvalue weighted by molar-refractivity contribution is -0.274. The Kier molecular flexibility index (Phi) is 4.43. The summed E-state index contributed by atoms with van der Waals surface area (Å²) in [6.45, 7) is 1.30. The second-order valence-electron chi connectivity index (χ2n) is 7.36. The van der Waals surface area contributed by atoms with Gasteiger partial charge in [0.05, 0.1) is 7.11 Å². The molecule has 4 aliphatic rings. The zero-order valence-electron chi connectivity index (χ0n) is 16.3. The Morgan fingerprint density at radius 1 is 1.10 bits per heavy atom. The van der Waals surface area contributed by atoms with Crippen LogP contribution in [0.25, 0.3) is 11.5 Å². The summed E-state index contributed by atoms with van der Waals surface area (Å²) in [4.78, 5) is 28.0. The van der Waals surface area contributed by atoms with E-state index in [0.717, 1.165) is 30.6 Å². The number of fused-ring (bicyclic) bond motifs is 3. The number of anilines is 1. The van der Waals surface area contributed by atoms with Crippen LogP contribution in [0.15, 0.2) is 40.8 Å². The van der Waals surface area contributed by atoms with E-state index in [4.69, 9.17) is 18.6 Å². The largest absolute Gasteiger partial charge is 0.497 e. The Morgan fingerprint density at radius 2 is 1.83 bits per heavy atom. The number of methoxy groups -OCH3 is 1. The van der Waals surface area contributed by atoms with Gasteiger partial charge in [0.2, 0.25) is 5.89 Å². The topological polar surface area (TPSA) is 107 Å². The van der Waals surface area contributed by atoms with Crippen molar-refractivity contribution in [2.45, 2.75) is 24.8 Å². The van der Waals surface area contributed by atoms with Crippen molar-refractivity contribution < 1.29 is 28.2 Å². The van der Waals surface area contributed by atoms with Crippen molar-refractivity contribution in [1.82, 2.24) is 15.1 Å². The maximum atomic E-state index is 12.1. The summed E-state index contributed by atoms with van der Waals surface area (Å²) >= 11 is 0. The normalized spacial score (nSPS) is 24.9. The van der Waals surface area contributed by atoms with Gasteiger partial charge in [0.25, 0.3) is 0 Å². The first-order valence-electron chi connectivity index (χ1n) is 9.70. The smallest absolute Gasteiger partial charge is 0.339 e. The Labute approximate surface area is 172 Å². The molecule has 0 aliphatic carbocycles. The van der Waals surface area contributed by atoms with E-state index >= 15 is 0 Å². The molecule has 2 bridgehead atoms. The van der Waals surface area contributed by atoms with E-state index in [2.05, 4.69) is 10.2 Å². The Hall–Kier alpha value is -3.40. The lowest BCUT2D eigenvalue weighted by atomic mass is 10.1. The van der Waals surface area contributed by atoms with Gasteiger partial charge in [-0.3, -0.25) is 0 Å². The fourth-order valence-corrected chi connectivity index (χ4v) is 4.12. The summed E-state index contributed by atoms with van der Waals surface area (Å²) in [6, 6.07) is 7.69. The fourth-order valence-electron chi connectivity index (χ4n) is 4.12. The second kappa shape index (κ2) is 7.13. The average molecular weight is 412 g/mol. The van der Waals surface area contributed by atoms with Crippen molar-refractivity contribution >= 4 is 18.0 Å². The van der Waals surface area contributed by atoms with Crippen LogP contribution in [0.4, 0.5) is 6.01 Å². The van der Waals surface area contributed by atoms with Gasteiger partial charge in [-0.2, -0.15) is 0 Å². The number of piperidine rings is 1. The number of rotatable bonds is 3. The number of carbonyl (C=O) groups is 2. The van der Waals surface area contributed by atoms with E-state index in [1.807, 2.05) is 28.0 Å². The minimum atomic E-state index is -1.53. The molecular formula is C20H20N4O6. The molecule has 0 N–H and O–H groups in total. The number of carbonyl (C=O) groups excluding carboxylic acids is 2. The highest BCUT2D eigenvalue weighted by Gasteiger charge is 2.53. The molecule has 2 aromatic rings. The lowest BCUT2D eigenvalue weighted by Crippen LogP contribution is -2.58. The van der Waals surface area contributed by atoms with Crippen molar-refractivity contribution in [1.29, 1.82) is 0 Å². The van der Waals surface area contributed by atoms with Crippen LogP contribution in [0.2, 0.25) is 0 Å². The van der Waals surface area contributed by atoms with Crippen molar-refractivity contribution in [3.8, 4) is 17.2 Å². The molecule has 0 saturated carbocycles. The molecule has 3 saturated heterocycles. The molecule has 156 valence electrons. The van der Waals surface area contributed by atoms with E-state index in [-0.39, 0.29) is 18.6 Å². The molecule has 10 heteroatoms. The van der Waals surface area contributed by atoms with E-state index in [9.17, 15) is 9.59 Å². The molecule has 1 aromatic heterocycles. The highest BCUT2D eigenvalue weighted by molar-refractivity contribution is 5.93. The van der Waals surface area contributed by atoms with E-state index in [1.54, 1.807) is 13.2 Å². The molecule has 5 heterocycles. The number of ether oxygens (including phenoxy) is 3. The van der Waals surface area contributed by atoms with Crippen LogP contribution < -0.4 is 9.64 Å². The predicted octanol–water partition coefficient (Wildman–Crippen LogP) is 1.34. The quantitative estimate of drug-likeness (QED) is 0.685. The summed E-state index contributed by atoms with van der Waals surface area (Å²) in [7, 11) is 1.59. The molecule has 0 unspecified atom stereocenters. The predicted molar refractivity (Wildman–Crippen MR) is 102 cm³/mol. The first-order valence-corrected chi connectivity index (χ1v) is 9.70. The zero-order valence-corrected chi connectivity index (χ0v) is 16.3. The third-order valence-electron chi connectivity index (χ3n) is 5.61. The van der Waals surface area contributed by atoms with Crippen LogP contribution in [-0.2, 0) is 19.1 Å². The molecule has 1 spiro atoms. The van der Waals surface area contributed by atoms with Gasteiger partial charge in [-0.15, -0.1) is 5.10 Å². The van der Waals surface area contributed by atoms with Crippen LogP contribution in [0.1, 0.15) is 12.8 Å². The highest BCUT2D eigenvalue weighted by atomic mass is 16.8. The van der Waals surface area contributed by atoms with Crippen LogP contribution in [0.3, 0.4) is 0 Å². The molecular weight excluding hydrogens is 392 g/mol. The molecule has 6 rings (SSSR count). The number of esters is 2. The molecule has 0 amide bonds. The third-order valence-corrected chi connectivity index (χ3v) is 5.61. The van der Waals surface area contributed by atoms with Crippen LogP contribution in [0, 0.1) is 0 Å². The van der Waals surface area contributed by atoms with Crippen molar-refractivity contribution in [2.24, 2.45) is 0 Å². The second-order valence-corrected chi connectivity index (χ2v) is 7.36.